The highest BCUT2D eigenvalue weighted by atomic mass is 35.5. The first-order valence-corrected chi connectivity index (χ1v) is 11.3. The number of benzene rings is 2. The lowest BCUT2D eigenvalue weighted by molar-refractivity contribution is 0.601. The van der Waals surface area contributed by atoms with Crippen molar-refractivity contribution in [2.75, 3.05) is 4.72 Å². The van der Waals surface area contributed by atoms with Crippen LogP contribution in [0.3, 0.4) is 0 Å². The lowest BCUT2D eigenvalue weighted by atomic mass is 10.2. The zero-order chi connectivity index (χ0) is 19.9. The third-order valence-electron chi connectivity index (χ3n) is 3.81. The summed E-state index contributed by atoms with van der Waals surface area (Å²) in [6, 6.07) is 13.1. The van der Waals surface area contributed by atoms with Gasteiger partial charge in [-0.2, -0.15) is 0 Å². The van der Waals surface area contributed by atoms with Crippen LogP contribution in [0.1, 0.15) is 0 Å². The molecule has 0 unspecified atom stereocenters. The van der Waals surface area contributed by atoms with Gasteiger partial charge >= 0.3 is 0 Å². The maximum absolute atomic E-state index is 12.6. The molecular weight excluding hydrogens is 461 g/mol. The fourth-order valence-corrected chi connectivity index (χ4v) is 5.47. The summed E-state index contributed by atoms with van der Waals surface area (Å²) in [4.78, 5) is 9.51. The molecule has 2 aromatic heterocycles. The van der Waals surface area contributed by atoms with Crippen LogP contribution < -0.4 is 4.72 Å². The zero-order valence-electron chi connectivity index (χ0n) is 13.9. The second-order valence-electron chi connectivity index (χ2n) is 5.73. The summed E-state index contributed by atoms with van der Waals surface area (Å²) in [5.74, 6) is 0. The number of anilines is 1. The molecule has 0 saturated carbocycles. The summed E-state index contributed by atoms with van der Waals surface area (Å²) in [6.07, 6.45) is 1.72. The average Bonchev–Trinajstić information content (AvgIpc) is 3.09. The average molecular weight is 471 g/mol. The van der Waals surface area contributed by atoms with Crippen LogP contribution in [-0.2, 0) is 10.0 Å². The fraction of sp³-hybridized carbons (Fsp3) is 0. The highest BCUT2D eigenvalue weighted by Gasteiger charge is 2.20. The molecule has 0 saturated heterocycles. The summed E-state index contributed by atoms with van der Waals surface area (Å²) in [5.41, 5.74) is 2.06. The highest BCUT2D eigenvalue weighted by molar-refractivity contribution is 7.92. The summed E-state index contributed by atoms with van der Waals surface area (Å²) in [7, 11) is -3.93. The number of nitrogens with one attached hydrogen (secondary N) is 1. The van der Waals surface area contributed by atoms with E-state index in [1.807, 2.05) is 12.1 Å². The summed E-state index contributed by atoms with van der Waals surface area (Å²) in [5, 5.41) is 1.07. The Morgan fingerprint density at radius 2 is 1.64 bits per heavy atom. The molecular formula is C18H10Cl3N3O2S2. The molecule has 0 radical (unpaired) electrons. The Labute approximate surface area is 180 Å². The molecule has 0 bridgehead atoms. The monoisotopic (exact) mass is 469 g/mol. The number of halogens is 3. The normalized spacial score (nSPS) is 11.7. The predicted molar refractivity (Wildman–Crippen MR) is 115 cm³/mol. The van der Waals surface area contributed by atoms with Crippen molar-refractivity contribution >= 4 is 72.2 Å². The molecule has 0 atom stereocenters. The van der Waals surface area contributed by atoms with Crippen molar-refractivity contribution in [1.29, 1.82) is 0 Å². The molecule has 0 aliphatic heterocycles. The van der Waals surface area contributed by atoms with E-state index in [9.17, 15) is 8.42 Å². The molecule has 4 rings (SSSR count). The molecule has 28 heavy (non-hydrogen) atoms. The van der Waals surface area contributed by atoms with E-state index in [1.54, 1.807) is 30.5 Å². The van der Waals surface area contributed by atoms with Gasteiger partial charge in [-0.15, -0.1) is 0 Å². The van der Waals surface area contributed by atoms with Crippen molar-refractivity contribution in [1.82, 2.24) is 9.97 Å². The van der Waals surface area contributed by atoms with Crippen LogP contribution in [0.5, 0.6) is 0 Å². The van der Waals surface area contributed by atoms with E-state index < -0.39 is 10.0 Å². The molecule has 0 amide bonds. The standard InChI is InChI=1S/C18H10Cl3N3O2S2/c19-12-8-14(21)16(9-13(12)20)28(25,26)24-11-5-3-10(4-6-11)17-23-15-2-1-7-22-18(15)27-17/h1-9,24H. The molecule has 10 heteroatoms. The summed E-state index contributed by atoms with van der Waals surface area (Å²) < 4.78 is 27.8. The van der Waals surface area contributed by atoms with Crippen LogP contribution in [0.2, 0.25) is 15.1 Å². The largest absolute Gasteiger partial charge is 0.280 e. The number of nitrogens with zero attached hydrogens (tertiary/aromatic N) is 2. The van der Waals surface area contributed by atoms with Gasteiger partial charge in [0.1, 0.15) is 20.3 Å². The number of fused-ring (bicyclic) bond motifs is 1. The lowest BCUT2D eigenvalue weighted by Crippen LogP contribution is -2.13. The van der Waals surface area contributed by atoms with E-state index in [0.717, 1.165) is 20.9 Å². The van der Waals surface area contributed by atoms with E-state index in [1.165, 1.54) is 23.5 Å². The van der Waals surface area contributed by atoms with Crippen LogP contribution in [-0.4, -0.2) is 18.4 Å². The van der Waals surface area contributed by atoms with Crippen molar-refractivity contribution in [3.05, 3.63) is 69.8 Å². The van der Waals surface area contributed by atoms with Crippen LogP contribution in [0.25, 0.3) is 20.9 Å². The number of rotatable bonds is 4. The Balaban J connectivity index is 1.61. The van der Waals surface area contributed by atoms with Crippen LogP contribution in [0, 0.1) is 0 Å². The zero-order valence-corrected chi connectivity index (χ0v) is 17.8. The number of hydrogen-bond donors (Lipinski definition) is 1. The first-order chi connectivity index (χ1) is 13.3. The maximum atomic E-state index is 12.6. The third kappa shape index (κ3) is 3.81. The van der Waals surface area contributed by atoms with Gasteiger partial charge in [-0.05, 0) is 48.5 Å². The second-order valence-corrected chi connectivity index (χ2v) is 9.58. The van der Waals surface area contributed by atoms with Crippen molar-refractivity contribution in [3.8, 4) is 10.6 Å². The van der Waals surface area contributed by atoms with Gasteiger partial charge in [-0.25, -0.2) is 18.4 Å². The smallest absolute Gasteiger partial charge is 0.263 e. The Kier molecular flexibility index (Phi) is 5.20. The molecule has 4 aromatic rings. The molecule has 0 aliphatic rings. The summed E-state index contributed by atoms with van der Waals surface area (Å²) >= 11 is 19.3. The van der Waals surface area contributed by atoms with Gasteiger partial charge in [0.05, 0.1) is 15.1 Å². The van der Waals surface area contributed by atoms with Crippen LogP contribution in [0.15, 0.2) is 59.6 Å². The minimum Gasteiger partial charge on any atom is -0.280 e. The van der Waals surface area contributed by atoms with E-state index in [0.29, 0.717) is 5.69 Å². The van der Waals surface area contributed by atoms with Gasteiger partial charge in [-0.3, -0.25) is 4.72 Å². The van der Waals surface area contributed by atoms with Crippen LogP contribution in [0.4, 0.5) is 5.69 Å². The lowest BCUT2D eigenvalue weighted by Gasteiger charge is -2.11. The quantitative estimate of drug-likeness (QED) is 0.365. The van der Waals surface area contributed by atoms with E-state index in [-0.39, 0.29) is 20.0 Å². The van der Waals surface area contributed by atoms with E-state index in [2.05, 4.69) is 14.7 Å². The van der Waals surface area contributed by atoms with Crippen molar-refractivity contribution in [2.24, 2.45) is 0 Å². The topological polar surface area (TPSA) is 72.0 Å². The predicted octanol–water partition coefficient (Wildman–Crippen LogP) is 6.12. The Morgan fingerprint density at radius 3 is 2.36 bits per heavy atom. The van der Waals surface area contributed by atoms with Crippen molar-refractivity contribution in [3.63, 3.8) is 0 Å². The molecule has 1 N–H and O–H groups in total. The van der Waals surface area contributed by atoms with E-state index >= 15 is 0 Å². The molecule has 2 heterocycles. The molecule has 0 aliphatic carbocycles. The highest BCUT2D eigenvalue weighted by Crippen LogP contribution is 2.33. The van der Waals surface area contributed by atoms with Gasteiger partial charge in [0.15, 0.2) is 0 Å². The van der Waals surface area contributed by atoms with E-state index in [4.69, 9.17) is 34.8 Å². The number of hydrogen-bond acceptors (Lipinski definition) is 5. The Hall–Kier alpha value is -1.90. The number of sulfonamides is 1. The fourth-order valence-electron chi connectivity index (χ4n) is 2.49. The minimum absolute atomic E-state index is 0.0134. The minimum atomic E-state index is -3.93. The number of aromatic nitrogens is 2. The van der Waals surface area contributed by atoms with Gasteiger partial charge in [0.25, 0.3) is 10.0 Å². The molecule has 142 valence electrons. The van der Waals surface area contributed by atoms with Crippen molar-refractivity contribution in [2.45, 2.75) is 4.90 Å². The SMILES string of the molecule is O=S(=O)(Nc1ccc(-c2nc3cccnc3s2)cc1)c1cc(Cl)c(Cl)cc1Cl. The van der Waals surface area contributed by atoms with Crippen LogP contribution >= 0.6 is 46.1 Å². The first-order valence-electron chi connectivity index (χ1n) is 7.83. The van der Waals surface area contributed by atoms with Gasteiger partial charge in [0.2, 0.25) is 0 Å². The molecule has 2 aromatic carbocycles. The Bertz CT molecular complexity index is 1260. The third-order valence-corrected chi connectivity index (χ3v) is 7.41. The maximum Gasteiger partial charge on any atom is 0.263 e. The Morgan fingerprint density at radius 1 is 0.929 bits per heavy atom. The molecule has 0 fully saturated rings. The van der Waals surface area contributed by atoms with Gasteiger partial charge < -0.3 is 0 Å². The molecule has 5 nitrogen and oxygen atoms in total. The summed E-state index contributed by atoms with van der Waals surface area (Å²) in [6.45, 7) is 0. The number of thiazole rings is 1. The first kappa shape index (κ1) is 19.4. The van der Waals surface area contributed by atoms with Gasteiger partial charge in [0, 0.05) is 17.4 Å². The number of pyridine rings is 1. The van der Waals surface area contributed by atoms with Gasteiger partial charge in [-0.1, -0.05) is 46.1 Å². The molecule has 0 spiro atoms. The second kappa shape index (κ2) is 7.50. The van der Waals surface area contributed by atoms with Crippen molar-refractivity contribution < 1.29 is 8.42 Å².